The van der Waals surface area contributed by atoms with Gasteiger partial charge in [0, 0.05) is 47.4 Å². The minimum absolute atomic E-state index is 0.00225. The Labute approximate surface area is 348 Å². The van der Waals surface area contributed by atoms with Crippen LogP contribution in [0.15, 0.2) is 0 Å². The highest BCUT2D eigenvalue weighted by molar-refractivity contribution is 8.00. The molecule has 0 amide bonds. The van der Waals surface area contributed by atoms with Gasteiger partial charge in [-0.1, -0.05) is 0 Å². The Morgan fingerprint density at radius 3 is 0.717 bits per heavy atom. The summed E-state index contributed by atoms with van der Waals surface area (Å²) in [4.78, 5) is 27.0. The number of rotatable bonds is 44. The molecule has 0 spiro atoms. The molecule has 0 aromatic carbocycles. The quantitative estimate of drug-likeness (QED) is 0.0273. The molecular weight excluding hydrogens is 789 g/mol. The number of aliphatic hydroxyl groups is 6. The van der Waals surface area contributed by atoms with Crippen molar-refractivity contribution in [2.45, 2.75) is 109 Å². The SMILES string of the molecule is O=C(CCC(CCCSCCO)(CCCSCCO)CCCSCCO)CC(=O)CCC(CCCSCCO)(CCCSCCO)CCCSCCO. The van der Waals surface area contributed by atoms with Crippen LogP contribution in [0.4, 0.5) is 0 Å². The number of hydrogen-bond acceptors (Lipinski definition) is 14. The van der Waals surface area contributed by atoms with Crippen LogP contribution in [0.25, 0.3) is 0 Å². The minimum atomic E-state index is 0.00225. The number of ketones is 2. The van der Waals surface area contributed by atoms with Crippen molar-refractivity contribution in [3.05, 3.63) is 0 Å². The largest absolute Gasteiger partial charge is 0.396 e. The van der Waals surface area contributed by atoms with Gasteiger partial charge < -0.3 is 30.6 Å². The van der Waals surface area contributed by atoms with E-state index in [0.29, 0.717) is 12.8 Å². The molecule has 0 aromatic heterocycles. The molecule has 316 valence electrons. The van der Waals surface area contributed by atoms with E-state index in [4.69, 9.17) is 0 Å². The molecule has 0 radical (unpaired) electrons. The summed E-state index contributed by atoms with van der Waals surface area (Å²) >= 11 is 10.6. The third-order valence-corrected chi connectivity index (χ3v) is 15.9. The van der Waals surface area contributed by atoms with Crippen molar-refractivity contribution in [1.29, 1.82) is 0 Å². The van der Waals surface area contributed by atoms with Gasteiger partial charge in [-0.15, -0.1) is 0 Å². The zero-order chi connectivity index (χ0) is 39.1. The lowest BCUT2D eigenvalue weighted by atomic mass is 9.71. The molecule has 0 aliphatic heterocycles. The Hall–Kier alpha value is 1.20. The van der Waals surface area contributed by atoms with Crippen molar-refractivity contribution >= 4 is 82.1 Å². The number of carbonyl (C=O) groups excluding carboxylic acids is 2. The molecule has 0 fully saturated rings. The Balaban J connectivity index is 5.66. The number of Topliss-reactive ketones (excluding diaryl/α,β-unsaturated/α-hetero) is 2. The van der Waals surface area contributed by atoms with Gasteiger partial charge in [-0.25, -0.2) is 0 Å². The van der Waals surface area contributed by atoms with Gasteiger partial charge in [0.25, 0.3) is 0 Å². The second kappa shape index (κ2) is 40.0. The Kier molecular flexibility index (Phi) is 40.9. The molecule has 14 heteroatoms. The fourth-order valence-electron chi connectivity index (χ4n) is 7.00. The molecule has 0 unspecified atom stereocenters. The van der Waals surface area contributed by atoms with Crippen LogP contribution in [0.5, 0.6) is 0 Å². The summed E-state index contributed by atoms with van der Waals surface area (Å²) in [7, 11) is 0. The van der Waals surface area contributed by atoms with Gasteiger partial charge in [-0.05, 0) is 135 Å². The first-order chi connectivity index (χ1) is 25.9. The van der Waals surface area contributed by atoms with Crippen molar-refractivity contribution in [2.75, 3.05) is 109 Å². The molecule has 0 rings (SSSR count). The molecule has 0 aliphatic rings. The Morgan fingerprint density at radius 2 is 0.528 bits per heavy atom. The molecule has 0 heterocycles. The average Bonchev–Trinajstić information content (AvgIpc) is 3.15. The van der Waals surface area contributed by atoms with Crippen LogP contribution in [-0.2, 0) is 9.59 Å². The van der Waals surface area contributed by atoms with Crippen molar-refractivity contribution < 1.29 is 40.2 Å². The highest BCUT2D eigenvalue weighted by atomic mass is 32.2. The topological polar surface area (TPSA) is 156 Å². The van der Waals surface area contributed by atoms with Crippen molar-refractivity contribution in [3.8, 4) is 0 Å². The molecule has 0 aromatic rings. The van der Waals surface area contributed by atoms with Crippen molar-refractivity contribution in [1.82, 2.24) is 0 Å². The van der Waals surface area contributed by atoms with E-state index in [1.54, 1.807) is 70.6 Å². The van der Waals surface area contributed by atoms with Crippen LogP contribution >= 0.6 is 70.6 Å². The molecule has 6 N–H and O–H groups in total. The Bertz CT molecular complexity index is 693. The fourth-order valence-corrected chi connectivity index (χ4v) is 11.1. The van der Waals surface area contributed by atoms with E-state index in [9.17, 15) is 40.2 Å². The molecule has 0 bridgehead atoms. The van der Waals surface area contributed by atoms with Crippen LogP contribution in [0.3, 0.4) is 0 Å². The monoisotopic (exact) mass is 864 g/mol. The molecule has 0 aliphatic carbocycles. The number of hydrogen-bond donors (Lipinski definition) is 6. The normalized spacial score (nSPS) is 12.2. The van der Waals surface area contributed by atoms with E-state index in [1.807, 2.05) is 0 Å². The first-order valence-corrected chi connectivity index (χ1v) is 26.9. The lowest BCUT2D eigenvalue weighted by Crippen LogP contribution is -2.25. The standard InChI is InChI=1S/C39H76O8S6/c40-17-29-48-23-1-9-38(10-2-24-49-30-18-41,11-3-25-50-31-19-42)15-7-36(46)35-37(47)8-16-39(12-4-26-51-32-20-43,13-5-27-52-33-21-44)14-6-28-53-34-22-45/h40-45H,1-35H2. The number of thioether (sulfide) groups is 6. The molecule has 0 saturated carbocycles. The number of carbonyl (C=O) groups is 2. The van der Waals surface area contributed by atoms with E-state index in [2.05, 4.69) is 0 Å². The molecule has 53 heavy (non-hydrogen) atoms. The molecule has 0 saturated heterocycles. The molecule has 8 nitrogen and oxygen atoms in total. The first-order valence-electron chi connectivity index (χ1n) is 20.0. The van der Waals surface area contributed by atoms with Gasteiger partial charge in [-0.2, -0.15) is 70.6 Å². The van der Waals surface area contributed by atoms with E-state index >= 15 is 0 Å². The van der Waals surface area contributed by atoms with Gasteiger partial charge in [0.1, 0.15) is 11.6 Å². The van der Waals surface area contributed by atoms with E-state index in [1.165, 1.54) is 0 Å². The summed E-state index contributed by atoms with van der Waals surface area (Å²) in [5.74, 6) is 10.4. The first kappa shape index (κ1) is 54.2. The van der Waals surface area contributed by atoms with Gasteiger partial charge in [0.2, 0.25) is 0 Å². The summed E-state index contributed by atoms with van der Waals surface area (Å²) in [5, 5.41) is 55.5. The van der Waals surface area contributed by atoms with Crippen molar-refractivity contribution in [2.24, 2.45) is 10.8 Å². The summed E-state index contributed by atoms with van der Waals surface area (Å²) in [6, 6.07) is 0. The third kappa shape index (κ3) is 32.8. The third-order valence-electron chi connectivity index (χ3n) is 9.65. The maximum Gasteiger partial charge on any atom is 0.140 e. The van der Waals surface area contributed by atoms with Gasteiger partial charge in [0.05, 0.1) is 46.1 Å². The highest BCUT2D eigenvalue weighted by Gasteiger charge is 2.32. The predicted molar refractivity (Wildman–Crippen MR) is 240 cm³/mol. The maximum atomic E-state index is 13.5. The summed E-state index contributed by atoms with van der Waals surface area (Å²) in [6.07, 6.45) is 14.7. The van der Waals surface area contributed by atoms with Gasteiger partial charge in [0.15, 0.2) is 0 Å². The van der Waals surface area contributed by atoms with Crippen LogP contribution < -0.4 is 0 Å². The maximum absolute atomic E-state index is 13.5. The average molecular weight is 865 g/mol. The zero-order valence-corrected chi connectivity index (χ0v) is 37.6. The summed E-state index contributed by atoms with van der Waals surface area (Å²) in [5.41, 5.74) is 0.0343. The zero-order valence-electron chi connectivity index (χ0n) is 32.7. The Morgan fingerprint density at radius 1 is 0.321 bits per heavy atom. The lowest BCUT2D eigenvalue weighted by molar-refractivity contribution is -0.127. The second-order valence-corrected chi connectivity index (χ2v) is 21.2. The second-order valence-electron chi connectivity index (χ2n) is 13.9. The van der Waals surface area contributed by atoms with Gasteiger partial charge in [-0.3, -0.25) is 9.59 Å². The summed E-state index contributed by atoms with van der Waals surface area (Å²) < 4.78 is 0. The molecular formula is C39H76O8S6. The van der Waals surface area contributed by atoms with Gasteiger partial charge >= 0.3 is 0 Å². The van der Waals surface area contributed by atoms with E-state index in [-0.39, 0.29) is 68.5 Å². The van der Waals surface area contributed by atoms with Crippen LogP contribution in [-0.4, -0.2) is 151 Å². The minimum Gasteiger partial charge on any atom is -0.396 e. The number of aliphatic hydroxyl groups excluding tert-OH is 6. The van der Waals surface area contributed by atoms with E-state index < -0.39 is 0 Å². The summed E-state index contributed by atoms with van der Waals surface area (Å²) in [6.45, 7) is 1.09. The highest BCUT2D eigenvalue weighted by Crippen LogP contribution is 2.43. The van der Waals surface area contributed by atoms with Crippen LogP contribution in [0, 0.1) is 10.8 Å². The van der Waals surface area contributed by atoms with E-state index in [0.717, 1.165) is 159 Å². The van der Waals surface area contributed by atoms with Crippen LogP contribution in [0.1, 0.15) is 109 Å². The van der Waals surface area contributed by atoms with Crippen molar-refractivity contribution in [3.63, 3.8) is 0 Å². The molecule has 0 atom stereocenters. The van der Waals surface area contributed by atoms with Crippen LogP contribution in [0.2, 0.25) is 0 Å². The predicted octanol–water partition coefficient (Wildman–Crippen LogP) is 7.08. The smallest absolute Gasteiger partial charge is 0.140 e. The fraction of sp³-hybridized carbons (Fsp3) is 0.949. The lowest BCUT2D eigenvalue weighted by Gasteiger charge is -2.35.